The van der Waals surface area contributed by atoms with Crippen molar-refractivity contribution in [2.75, 3.05) is 14.2 Å². The molecule has 0 bridgehead atoms. The molecule has 3 aromatic rings. The highest BCUT2D eigenvalue weighted by Gasteiger charge is 2.23. The Morgan fingerprint density at radius 3 is 2.39 bits per heavy atom. The van der Waals surface area contributed by atoms with Crippen molar-refractivity contribution >= 4 is 23.2 Å². The Morgan fingerprint density at radius 2 is 1.64 bits per heavy atom. The maximum atomic E-state index is 5.53. The number of fused-ring (bicyclic) bond motifs is 1. The van der Waals surface area contributed by atoms with Crippen molar-refractivity contribution in [3.8, 4) is 11.5 Å². The van der Waals surface area contributed by atoms with E-state index < -0.39 is 0 Å². The molecular formula is C24H23NO2S. The number of hydrogen-bond acceptors (Lipinski definition) is 4. The summed E-state index contributed by atoms with van der Waals surface area (Å²) in [7, 11) is 3.34. The fraction of sp³-hybridized carbons (Fsp3) is 0.208. The summed E-state index contributed by atoms with van der Waals surface area (Å²) >= 11 is 1.85. The van der Waals surface area contributed by atoms with Crippen LogP contribution in [0, 0.1) is 6.92 Å². The summed E-state index contributed by atoms with van der Waals surface area (Å²) in [5.74, 6) is 1.50. The first-order valence-corrected chi connectivity index (χ1v) is 10.2. The Kier molecular flexibility index (Phi) is 5.40. The largest absolute Gasteiger partial charge is 0.493 e. The molecule has 0 radical (unpaired) electrons. The SMILES string of the molecule is COc1ccc(C2CC(c3ccc(C)cc3)=Nc3ccccc3S2)cc1OC. The van der Waals surface area contributed by atoms with E-state index in [1.54, 1.807) is 14.2 Å². The number of methoxy groups -OCH3 is 2. The highest BCUT2D eigenvalue weighted by Crippen LogP contribution is 2.46. The monoisotopic (exact) mass is 389 g/mol. The molecule has 0 saturated carbocycles. The van der Waals surface area contributed by atoms with E-state index in [0.29, 0.717) is 0 Å². The Bertz CT molecular complexity index is 1010. The van der Waals surface area contributed by atoms with E-state index >= 15 is 0 Å². The molecule has 3 nitrogen and oxygen atoms in total. The second kappa shape index (κ2) is 8.11. The van der Waals surface area contributed by atoms with Gasteiger partial charge >= 0.3 is 0 Å². The summed E-state index contributed by atoms with van der Waals surface area (Å²) in [6.07, 6.45) is 0.845. The zero-order chi connectivity index (χ0) is 19.5. The number of benzene rings is 3. The fourth-order valence-corrected chi connectivity index (χ4v) is 4.60. The van der Waals surface area contributed by atoms with Crippen LogP contribution in [0.5, 0.6) is 11.5 Å². The van der Waals surface area contributed by atoms with Gasteiger partial charge in [-0.25, -0.2) is 0 Å². The smallest absolute Gasteiger partial charge is 0.161 e. The van der Waals surface area contributed by atoms with Crippen LogP contribution >= 0.6 is 11.8 Å². The van der Waals surface area contributed by atoms with Crippen molar-refractivity contribution in [1.82, 2.24) is 0 Å². The number of rotatable bonds is 4. The average molecular weight is 390 g/mol. The quantitative estimate of drug-likeness (QED) is 0.519. The molecule has 0 spiro atoms. The zero-order valence-electron chi connectivity index (χ0n) is 16.3. The molecule has 1 heterocycles. The van der Waals surface area contributed by atoms with Gasteiger partial charge in [-0.3, -0.25) is 4.99 Å². The summed E-state index contributed by atoms with van der Waals surface area (Å²) < 4.78 is 10.9. The molecule has 0 saturated heterocycles. The minimum Gasteiger partial charge on any atom is -0.493 e. The van der Waals surface area contributed by atoms with Gasteiger partial charge in [-0.15, -0.1) is 11.8 Å². The van der Waals surface area contributed by atoms with Gasteiger partial charge in [0.1, 0.15) is 0 Å². The van der Waals surface area contributed by atoms with E-state index in [4.69, 9.17) is 14.5 Å². The highest BCUT2D eigenvalue weighted by atomic mass is 32.2. The third kappa shape index (κ3) is 3.78. The lowest BCUT2D eigenvalue weighted by molar-refractivity contribution is 0.354. The molecule has 1 aliphatic heterocycles. The number of hydrogen-bond donors (Lipinski definition) is 0. The highest BCUT2D eigenvalue weighted by molar-refractivity contribution is 7.99. The topological polar surface area (TPSA) is 30.8 Å². The minimum atomic E-state index is 0.239. The van der Waals surface area contributed by atoms with E-state index in [2.05, 4.69) is 61.5 Å². The standard InChI is InChI=1S/C24H23NO2S/c1-16-8-10-17(11-9-16)20-15-24(28-23-7-5-4-6-19(23)25-20)18-12-13-21(26-2)22(14-18)27-3/h4-14,24H,15H2,1-3H3. The molecule has 0 aliphatic carbocycles. The molecule has 3 aromatic carbocycles. The van der Waals surface area contributed by atoms with Gasteiger partial charge in [0.25, 0.3) is 0 Å². The fourth-order valence-electron chi connectivity index (χ4n) is 3.38. The maximum Gasteiger partial charge on any atom is 0.161 e. The Labute approximate surface area is 170 Å². The van der Waals surface area contributed by atoms with Crippen LogP contribution in [-0.4, -0.2) is 19.9 Å². The number of para-hydroxylation sites is 1. The number of nitrogens with zero attached hydrogens (tertiary/aromatic N) is 1. The Balaban J connectivity index is 1.77. The van der Waals surface area contributed by atoms with Crippen molar-refractivity contribution in [1.29, 1.82) is 0 Å². The Hall–Kier alpha value is -2.72. The molecule has 4 rings (SSSR count). The van der Waals surface area contributed by atoms with Gasteiger partial charge < -0.3 is 9.47 Å². The Morgan fingerprint density at radius 1 is 0.893 bits per heavy atom. The average Bonchev–Trinajstić information content (AvgIpc) is 2.93. The number of aliphatic imine (C=N–C) groups is 1. The predicted octanol–water partition coefficient (Wildman–Crippen LogP) is 6.37. The molecule has 4 heteroatoms. The van der Waals surface area contributed by atoms with Crippen molar-refractivity contribution in [2.24, 2.45) is 4.99 Å². The summed E-state index contributed by atoms with van der Waals surface area (Å²) in [6, 6.07) is 23.2. The van der Waals surface area contributed by atoms with Gasteiger partial charge in [0.15, 0.2) is 11.5 Å². The van der Waals surface area contributed by atoms with Crippen LogP contribution in [0.3, 0.4) is 0 Å². The third-order valence-corrected chi connectivity index (χ3v) is 6.26. The van der Waals surface area contributed by atoms with Crippen LogP contribution in [0.15, 0.2) is 76.6 Å². The van der Waals surface area contributed by atoms with Gasteiger partial charge in [-0.05, 0) is 42.3 Å². The van der Waals surface area contributed by atoms with Crippen LogP contribution in [0.1, 0.15) is 28.4 Å². The maximum absolute atomic E-state index is 5.53. The first-order valence-electron chi connectivity index (χ1n) is 9.30. The number of aryl methyl sites for hydroxylation is 1. The van der Waals surface area contributed by atoms with Gasteiger partial charge in [-0.1, -0.05) is 48.0 Å². The summed E-state index contributed by atoms with van der Waals surface area (Å²) in [4.78, 5) is 6.23. The summed E-state index contributed by atoms with van der Waals surface area (Å²) in [5.41, 5.74) is 5.78. The second-order valence-electron chi connectivity index (χ2n) is 6.82. The molecule has 1 unspecified atom stereocenters. The lowest BCUT2D eigenvalue weighted by Gasteiger charge is -2.18. The van der Waals surface area contributed by atoms with Gasteiger partial charge in [0.2, 0.25) is 0 Å². The summed E-state index contributed by atoms with van der Waals surface area (Å²) in [6.45, 7) is 2.11. The van der Waals surface area contributed by atoms with E-state index in [-0.39, 0.29) is 5.25 Å². The molecule has 28 heavy (non-hydrogen) atoms. The van der Waals surface area contributed by atoms with Crippen LogP contribution in [0.2, 0.25) is 0 Å². The number of ether oxygens (including phenoxy) is 2. The molecule has 0 aromatic heterocycles. The van der Waals surface area contributed by atoms with Crippen molar-refractivity contribution in [3.05, 3.63) is 83.4 Å². The van der Waals surface area contributed by atoms with E-state index in [9.17, 15) is 0 Å². The van der Waals surface area contributed by atoms with E-state index in [1.165, 1.54) is 21.6 Å². The van der Waals surface area contributed by atoms with Crippen LogP contribution in [-0.2, 0) is 0 Å². The third-order valence-electron chi connectivity index (χ3n) is 4.93. The van der Waals surface area contributed by atoms with E-state index in [1.807, 2.05) is 23.9 Å². The van der Waals surface area contributed by atoms with Gasteiger partial charge in [0, 0.05) is 22.3 Å². The van der Waals surface area contributed by atoms with Crippen molar-refractivity contribution in [3.63, 3.8) is 0 Å². The van der Waals surface area contributed by atoms with E-state index in [0.717, 1.165) is 29.3 Å². The lowest BCUT2D eigenvalue weighted by atomic mass is 10.00. The first kappa shape index (κ1) is 18.6. The summed E-state index contributed by atoms with van der Waals surface area (Å²) in [5, 5.41) is 0.239. The molecule has 142 valence electrons. The zero-order valence-corrected chi connectivity index (χ0v) is 17.1. The predicted molar refractivity (Wildman–Crippen MR) is 117 cm³/mol. The van der Waals surface area contributed by atoms with Crippen LogP contribution < -0.4 is 9.47 Å². The molecule has 0 amide bonds. The molecule has 1 aliphatic rings. The molecule has 0 fully saturated rings. The first-order chi connectivity index (χ1) is 13.7. The van der Waals surface area contributed by atoms with Crippen LogP contribution in [0.25, 0.3) is 0 Å². The van der Waals surface area contributed by atoms with Crippen LogP contribution in [0.4, 0.5) is 5.69 Å². The van der Waals surface area contributed by atoms with Crippen molar-refractivity contribution < 1.29 is 9.47 Å². The second-order valence-corrected chi connectivity index (χ2v) is 8.06. The minimum absolute atomic E-state index is 0.239. The lowest BCUT2D eigenvalue weighted by Crippen LogP contribution is -2.06. The van der Waals surface area contributed by atoms with Gasteiger partial charge in [-0.2, -0.15) is 0 Å². The van der Waals surface area contributed by atoms with Crippen molar-refractivity contribution in [2.45, 2.75) is 23.5 Å². The normalized spacial score (nSPS) is 16.0. The molecular weight excluding hydrogens is 366 g/mol. The van der Waals surface area contributed by atoms with Gasteiger partial charge in [0.05, 0.1) is 19.9 Å². The number of thioether (sulfide) groups is 1. The molecule has 0 N–H and O–H groups in total. The molecule has 1 atom stereocenters.